The van der Waals surface area contributed by atoms with E-state index in [1.165, 1.54) is 5.56 Å². The highest BCUT2D eigenvalue weighted by atomic mass is 35.5. The van der Waals surface area contributed by atoms with Crippen molar-refractivity contribution >= 4 is 17.3 Å². The molecular formula is C12H16ClN2O2+. The lowest BCUT2D eigenvalue weighted by Crippen LogP contribution is -2.48. The normalized spacial score (nSPS) is 23.2. The molecule has 1 aromatic rings. The maximum Gasteiger partial charge on any atom is 0.269 e. The molecule has 0 aromatic heterocycles. The first-order chi connectivity index (χ1) is 8.04. The fraction of sp³-hybridized carbons (Fsp3) is 0.500. The topological polar surface area (TPSA) is 43.1 Å². The van der Waals surface area contributed by atoms with Gasteiger partial charge in [0.1, 0.15) is 6.54 Å². The van der Waals surface area contributed by atoms with Gasteiger partial charge in [0.2, 0.25) is 0 Å². The second kappa shape index (κ2) is 4.63. The SMILES string of the molecule is C[N+]1(CCCl)CCc2cc([N+](=O)[O-])ccc2C1. The van der Waals surface area contributed by atoms with E-state index in [0.717, 1.165) is 36.1 Å². The third kappa shape index (κ3) is 2.58. The number of rotatable bonds is 3. The van der Waals surface area contributed by atoms with Crippen LogP contribution in [0.1, 0.15) is 11.1 Å². The van der Waals surface area contributed by atoms with Crippen molar-refractivity contribution in [2.24, 2.45) is 0 Å². The highest BCUT2D eigenvalue weighted by molar-refractivity contribution is 6.17. The molecule has 92 valence electrons. The Morgan fingerprint density at radius 2 is 2.24 bits per heavy atom. The smallest absolute Gasteiger partial charge is 0.269 e. The molecule has 0 aliphatic carbocycles. The number of alkyl halides is 1. The van der Waals surface area contributed by atoms with E-state index < -0.39 is 0 Å². The zero-order valence-corrected chi connectivity index (χ0v) is 10.6. The minimum atomic E-state index is -0.332. The third-order valence-corrected chi connectivity index (χ3v) is 3.67. The van der Waals surface area contributed by atoms with Gasteiger partial charge >= 0.3 is 0 Å². The summed E-state index contributed by atoms with van der Waals surface area (Å²) in [6, 6.07) is 5.19. The highest BCUT2D eigenvalue weighted by Crippen LogP contribution is 2.26. The zero-order chi connectivity index (χ0) is 12.5. The van der Waals surface area contributed by atoms with Crippen LogP contribution in [-0.4, -0.2) is 35.4 Å². The second-order valence-corrected chi connectivity index (χ2v) is 5.25. The average molecular weight is 256 g/mol. The van der Waals surface area contributed by atoms with Crippen molar-refractivity contribution in [3.63, 3.8) is 0 Å². The van der Waals surface area contributed by atoms with E-state index in [9.17, 15) is 10.1 Å². The number of nitrogens with zero attached hydrogens (tertiary/aromatic N) is 2. The summed E-state index contributed by atoms with van der Waals surface area (Å²) in [6.45, 7) is 2.86. The number of fused-ring (bicyclic) bond motifs is 1. The lowest BCUT2D eigenvalue weighted by Gasteiger charge is -2.38. The number of quaternary nitrogens is 1. The number of nitro benzene ring substituents is 1. The first-order valence-corrected chi connectivity index (χ1v) is 6.23. The van der Waals surface area contributed by atoms with Gasteiger partial charge in [0.15, 0.2) is 0 Å². The van der Waals surface area contributed by atoms with Crippen LogP contribution in [0.15, 0.2) is 18.2 Å². The summed E-state index contributed by atoms with van der Waals surface area (Å²) in [6.07, 6.45) is 0.893. The Hall–Kier alpha value is -1.13. The van der Waals surface area contributed by atoms with Crippen LogP contribution in [0.3, 0.4) is 0 Å². The van der Waals surface area contributed by atoms with Crippen molar-refractivity contribution in [2.75, 3.05) is 26.0 Å². The fourth-order valence-electron chi connectivity index (χ4n) is 2.39. The summed E-state index contributed by atoms with van der Waals surface area (Å²) < 4.78 is 0.925. The molecule has 1 unspecified atom stereocenters. The van der Waals surface area contributed by atoms with Gasteiger partial charge in [-0.2, -0.15) is 0 Å². The van der Waals surface area contributed by atoms with Crippen LogP contribution >= 0.6 is 11.6 Å². The van der Waals surface area contributed by atoms with Crippen LogP contribution in [0.25, 0.3) is 0 Å². The molecule has 1 aromatic carbocycles. The lowest BCUT2D eigenvalue weighted by atomic mass is 9.97. The molecule has 0 spiro atoms. The van der Waals surface area contributed by atoms with Gasteiger partial charge in [-0.25, -0.2) is 0 Å². The first kappa shape index (κ1) is 12.3. The predicted octanol–water partition coefficient (Wildman–Crippen LogP) is 2.34. The molecule has 1 atom stereocenters. The summed E-state index contributed by atoms with van der Waals surface area (Å²) in [4.78, 5) is 10.4. The highest BCUT2D eigenvalue weighted by Gasteiger charge is 2.28. The predicted molar refractivity (Wildman–Crippen MR) is 67.1 cm³/mol. The number of halogens is 1. The Labute approximate surface area is 106 Å². The van der Waals surface area contributed by atoms with Gasteiger partial charge in [0.05, 0.1) is 30.9 Å². The van der Waals surface area contributed by atoms with Gasteiger partial charge in [-0.15, -0.1) is 11.6 Å². The summed E-state index contributed by atoms with van der Waals surface area (Å²) in [5.41, 5.74) is 2.52. The summed E-state index contributed by atoms with van der Waals surface area (Å²) in [7, 11) is 2.19. The van der Waals surface area contributed by atoms with Crippen molar-refractivity contribution in [1.29, 1.82) is 0 Å². The maximum atomic E-state index is 10.7. The summed E-state index contributed by atoms with van der Waals surface area (Å²) >= 11 is 5.81. The first-order valence-electron chi connectivity index (χ1n) is 5.70. The van der Waals surface area contributed by atoms with Crippen LogP contribution in [0.5, 0.6) is 0 Å². The van der Waals surface area contributed by atoms with Crippen molar-refractivity contribution in [2.45, 2.75) is 13.0 Å². The number of hydrogen-bond acceptors (Lipinski definition) is 2. The molecule has 1 aliphatic rings. The Bertz CT molecular complexity index is 450. The van der Waals surface area contributed by atoms with Crippen molar-refractivity contribution in [1.82, 2.24) is 0 Å². The molecular weight excluding hydrogens is 240 g/mol. The molecule has 2 rings (SSSR count). The van der Waals surface area contributed by atoms with Crippen molar-refractivity contribution < 1.29 is 9.41 Å². The number of benzene rings is 1. The molecule has 1 heterocycles. The van der Waals surface area contributed by atoms with Crippen LogP contribution in [0.4, 0.5) is 5.69 Å². The quantitative estimate of drug-likeness (QED) is 0.360. The van der Waals surface area contributed by atoms with Crippen LogP contribution in [0.2, 0.25) is 0 Å². The van der Waals surface area contributed by atoms with Gasteiger partial charge in [0, 0.05) is 24.1 Å². The molecule has 0 amide bonds. The molecule has 0 N–H and O–H groups in total. The Morgan fingerprint density at radius 3 is 2.88 bits per heavy atom. The van der Waals surface area contributed by atoms with Gasteiger partial charge < -0.3 is 4.48 Å². The van der Waals surface area contributed by atoms with Gasteiger partial charge in [-0.05, 0) is 11.6 Å². The molecule has 1 aliphatic heterocycles. The van der Waals surface area contributed by atoms with Gasteiger partial charge in [-0.1, -0.05) is 0 Å². The molecule has 17 heavy (non-hydrogen) atoms. The van der Waals surface area contributed by atoms with E-state index in [0.29, 0.717) is 5.88 Å². The molecule has 0 fully saturated rings. The number of non-ortho nitro benzene ring substituents is 1. The van der Waals surface area contributed by atoms with Crippen molar-refractivity contribution in [3.05, 3.63) is 39.4 Å². The summed E-state index contributed by atoms with van der Waals surface area (Å²) in [5.74, 6) is 0.652. The van der Waals surface area contributed by atoms with E-state index in [4.69, 9.17) is 11.6 Å². The van der Waals surface area contributed by atoms with E-state index in [1.807, 2.05) is 6.07 Å². The van der Waals surface area contributed by atoms with Gasteiger partial charge in [0.25, 0.3) is 5.69 Å². The van der Waals surface area contributed by atoms with Crippen molar-refractivity contribution in [3.8, 4) is 0 Å². The number of nitro groups is 1. The fourth-order valence-corrected chi connectivity index (χ4v) is 2.80. The Balaban J connectivity index is 2.25. The Morgan fingerprint density at radius 1 is 1.47 bits per heavy atom. The molecule has 0 bridgehead atoms. The molecule has 5 heteroatoms. The third-order valence-electron chi connectivity index (χ3n) is 3.50. The number of likely N-dealkylation sites (N-methyl/N-ethyl adjacent to an activating group) is 1. The van der Waals surface area contributed by atoms with Gasteiger partial charge in [-0.3, -0.25) is 10.1 Å². The molecule has 0 saturated carbocycles. The average Bonchev–Trinajstić information content (AvgIpc) is 2.28. The minimum Gasteiger partial charge on any atom is -0.321 e. The summed E-state index contributed by atoms with van der Waals surface area (Å²) in [5, 5.41) is 10.7. The minimum absolute atomic E-state index is 0.192. The molecule has 0 radical (unpaired) electrons. The largest absolute Gasteiger partial charge is 0.321 e. The van der Waals surface area contributed by atoms with E-state index >= 15 is 0 Å². The Kier molecular flexibility index (Phi) is 3.35. The number of hydrogen-bond donors (Lipinski definition) is 0. The zero-order valence-electron chi connectivity index (χ0n) is 9.86. The van der Waals surface area contributed by atoms with E-state index in [2.05, 4.69) is 7.05 Å². The maximum absolute atomic E-state index is 10.7. The van der Waals surface area contributed by atoms with Crippen LogP contribution in [0, 0.1) is 10.1 Å². The van der Waals surface area contributed by atoms with Crippen LogP contribution < -0.4 is 0 Å². The lowest BCUT2D eigenvalue weighted by molar-refractivity contribution is -0.922. The molecule has 0 saturated heterocycles. The molecule has 4 nitrogen and oxygen atoms in total. The van der Waals surface area contributed by atoms with Crippen LogP contribution in [-0.2, 0) is 13.0 Å². The van der Waals surface area contributed by atoms with E-state index in [1.54, 1.807) is 12.1 Å². The standard InChI is InChI=1S/C12H16ClN2O2/c1-15(7-5-13)6-4-10-8-12(14(16)17)3-2-11(10)9-15/h2-3,8H,4-7,9H2,1H3/q+1. The van der Waals surface area contributed by atoms with E-state index in [-0.39, 0.29) is 10.6 Å². The second-order valence-electron chi connectivity index (χ2n) is 4.87. The monoisotopic (exact) mass is 255 g/mol.